The van der Waals surface area contributed by atoms with Gasteiger partial charge in [-0.25, -0.2) is 4.98 Å². The molecule has 0 aliphatic carbocycles. The van der Waals surface area contributed by atoms with Crippen molar-refractivity contribution in [3.05, 3.63) is 6.20 Å². The van der Waals surface area contributed by atoms with Crippen LogP contribution in [0.25, 0.3) is 0 Å². The molecule has 1 amide bonds. The topological polar surface area (TPSA) is 88.6 Å². The van der Waals surface area contributed by atoms with Crippen LogP contribution in [-0.4, -0.2) is 61.4 Å². The van der Waals surface area contributed by atoms with E-state index in [1.165, 1.54) is 0 Å². The Hall–Kier alpha value is -1.93. The van der Waals surface area contributed by atoms with E-state index in [9.17, 15) is 4.79 Å². The number of nitrogens with one attached hydrogen (secondary N) is 2. The van der Waals surface area contributed by atoms with Gasteiger partial charge in [-0.2, -0.15) is 4.98 Å². The van der Waals surface area contributed by atoms with Crippen molar-refractivity contribution in [3.63, 3.8) is 0 Å². The third-order valence-corrected chi connectivity index (χ3v) is 5.10. The van der Waals surface area contributed by atoms with Crippen LogP contribution >= 0.6 is 0 Å². The Bertz CT molecular complexity index is 626. The average Bonchev–Trinajstić information content (AvgIpc) is 3.09. The number of hydrogen-bond donors (Lipinski definition) is 2. The normalized spacial score (nSPS) is 27.2. The van der Waals surface area contributed by atoms with Crippen molar-refractivity contribution in [2.75, 3.05) is 55.6 Å². The molecule has 3 aliphatic rings. The van der Waals surface area contributed by atoms with Crippen LogP contribution in [0.5, 0.6) is 0 Å². The van der Waals surface area contributed by atoms with Crippen LogP contribution in [0.2, 0.25) is 0 Å². The second-order valence-corrected chi connectivity index (χ2v) is 6.66. The molecule has 8 heteroatoms. The smallest absolute Gasteiger partial charge is 0.255 e. The fourth-order valence-corrected chi connectivity index (χ4v) is 3.63. The lowest BCUT2D eigenvalue weighted by atomic mass is 9.92. The third kappa shape index (κ3) is 2.59. The predicted octanol–water partition coefficient (Wildman–Crippen LogP) is 0.862. The Kier molecular flexibility index (Phi) is 4.01. The molecule has 2 saturated heterocycles. The molecule has 4 rings (SSSR count). The second-order valence-electron chi connectivity index (χ2n) is 6.66. The summed E-state index contributed by atoms with van der Waals surface area (Å²) in [5, 5.41) is 6.28. The molecular formula is C16H23N5O3. The minimum absolute atomic E-state index is 0.0693. The summed E-state index contributed by atoms with van der Waals surface area (Å²) in [7, 11) is 1.78. The SMILES string of the molecule is CNc1ncc2c(n1)NC1(CCOC1)C(=O)N2CC1CCOCC1. The summed E-state index contributed by atoms with van der Waals surface area (Å²) in [5.74, 6) is 1.75. The number of carbonyl (C=O) groups is 1. The molecule has 8 nitrogen and oxygen atoms in total. The van der Waals surface area contributed by atoms with E-state index in [0.29, 0.717) is 43.9 Å². The molecule has 130 valence electrons. The van der Waals surface area contributed by atoms with Crippen molar-refractivity contribution in [3.8, 4) is 0 Å². The van der Waals surface area contributed by atoms with Gasteiger partial charge in [0.15, 0.2) is 5.82 Å². The van der Waals surface area contributed by atoms with Gasteiger partial charge in [0.05, 0.1) is 12.8 Å². The highest BCUT2D eigenvalue weighted by atomic mass is 16.5. The Morgan fingerprint density at radius 2 is 2.21 bits per heavy atom. The van der Waals surface area contributed by atoms with Crippen molar-refractivity contribution in [1.82, 2.24) is 9.97 Å². The largest absolute Gasteiger partial charge is 0.381 e. The molecule has 0 saturated carbocycles. The van der Waals surface area contributed by atoms with Crippen molar-refractivity contribution in [1.29, 1.82) is 0 Å². The molecular weight excluding hydrogens is 310 g/mol. The predicted molar refractivity (Wildman–Crippen MR) is 89.3 cm³/mol. The maximum absolute atomic E-state index is 13.2. The van der Waals surface area contributed by atoms with E-state index in [4.69, 9.17) is 9.47 Å². The maximum atomic E-state index is 13.2. The first-order valence-corrected chi connectivity index (χ1v) is 8.52. The zero-order valence-electron chi connectivity index (χ0n) is 13.9. The number of rotatable bonds is 3. The standard InChI is InChI=1S/C16H23N5O3/c1-17-15-18-8-12-13(19-15)20-16(4-7-24-10-16)14(22)21(12)9-11-2-5-23-6-3-11/h8,11H,2-7,9-10H2,1H3,(H2,17,18,19,20). The molecule has 4 heterocycles. The van der Waals surface area contributed by atoms with Gasteiger partial charge in [0.1, 0.15) is 11.2 Å². The minimum atomic E-state index is -0.697. The van der Waals surface area contributed by atoms with Crippen LogP contribution in [0.15, 0.2) is 6.20 Å². The van der Waals surface area contributed by atoms with Crippen LogP contribution in [0.4, 0.5) is 17.5 Å². The van der Waals surface area contributed by atoms with Crippen molar-refractivity contribution < 1.29 is 14.3 Å². The Labute approximate surface area is 140 Å². The van der Waals surface area contributed by atoms with E-state index in [0.717, 1.165) is 31.7 Å². The van der Waals surface area contributed by atoms with Crippen LogP contribution < -0.4 is 15.5 Å². The van der Waals surface area contributed by atoms with E-state index in [-0.39, 0.29) is 5.91 Å². The van der Waals surface area contributed by atoms with Gasteiger partial charge >= 0.3 is 0 Å². The van der Waals surface area contributed by atoms with Crippen LogP contribution in [0.1, 0.15) is 19.3 Å². The lowest BCUT2D eigenvalue weighted by molar-refractivity contribution is -0.123. The summed E-state index contributed by atoms with van der Waals surface area (Å²) in [5.41, 5.74) is 0.0559. The number of carbonyl (C=O) groups excluding carboxylic acids is 1. The van der Waals surface area contributed by atoms with Gasteiger partial charge in [0.25, 0.3) is 5.91 Å². The van der Waals surface area contributed by atoms with Gasteiger partial charge in [-0.3, -0.25) is 4.79 Å². The number of fused-ring (bicyclic) bond motifs is 1. The first-order valence-electron chi connectivity index (χ1n) is 8.52. The minimum Gasteiger partial charge on any atom is -0.381 e. The Balaban J connectivity index is 1.68. The maximum Gasteiger partial charge on any atom is 0.255 e. The van der Waals surface area contributed by atoms with Crippen molar-refractivity contribution >= 4 is 23.4 Å². The average molecular weight is 333 g/mol. The molecule has 2 fully saturated rings. The van der Waals surface area contributed by atoms with E-state index in [2.05, 4.69) is 20.6 Å². The summed E-state index contributed by atoms with van der Waals surface area (Å²) >= 11 is 0. The van der Waals surface area contributed by atoms with Gasteiger partial charge in [0.2, 0.25) is 5.95 Å². The fourth-order valence-electron chi connectivity index (χ4n) is 3.63. The number of anilines is 3. The highest BCUT2D eigenvalue weighted by molar-refractivity contribution is 6.07. The number of aromatic nitrogens is 2. The Morgan fingerprint density at radius 1 is 1.38 bits per heavy atom. The number of ether oxygens (including phenoxy) is 2. The molecule has 3 aliphatic heterocycles. The van der Waals surface area contributed by atoms with Crippen LogP contribution in [-0.2, 0) is 14.3 Å². The number of nitrogens with zero attached hydrogens (tertiary/aromatic N) is 3. The summed E-state index contributed by atoms with van der Waals surface area (Å²) in [6, 6.07) is 0. The van der Waals surface area contributed by atoms with E-state index in [1.807, 2.05) is 4.90 Å². The lowest BCUT2D eigenvalue weighted by Gasteiger charge is -2.41. The molecule has 2 N–H and O–H groups in total. The first kappa shape index (κ1) is 15.6. The Morgan fingerprint density at radius 3 is 2.92 bits per heavy atom. The molecule has 1 spiro atoms. The molecule has 1 aromatic heterocycles. The highest BCUT2D eigenvalue weighted by Crippen LogP contribution is 2.38. The van der Waals surface area contributed by atoms with Crippen LogP contribution in [0, 0.1) is 5.92 Å². The van der Waals surface area contributed by atoms with Crippen molar-refractivity contribution in [2.24, 2.45) is 5.92 Å². The molecule has 1 aromatic rings. The van der Waals surface area contributed by atoms with Gasteiger partial charge < -0.3 is 25.0 Å². The fraction of sp³-hybridized carbons (Fsp3) is 0.688. The van der Waals surface area contributed by atoms with Gasteiger partial charge in [0, 0.05) is 39.8 Å². The van der Waals surface area contributed by atoms with Crippen molar-refractivity contribution in [2.45, 2.75) is 24.8 Å². The molecule has 0 aromatic carbocycles. The van der Waals surface area contributed by atoms with E-state index in [1.54, 1.807) is 13.2 Å². The van der Waals surface area contributed by atoms with Gasteiger partial charge in [-0.1, -0.05) is 0 Å². The summed E-state index contributed by atoms with van der Waals surface area (Å²) < 4.78 is 11.0. The second kappa shape index (κ2) is 6.18. The summed E-state index contributed by atoms with van der Waals surface area (Å²) in [6.07, 6.45) is 4.34. The van der Waals surface area contributed by atoms with E-state index >= 15 is 0 Å². The van der Waals surface area contributed by atoms with Gasteiger partial charge in [-0.15, -0.1) is 0 Å². The number of hydrogen-bond acceptors (Lipinski definition) is 7. The molecule has 0 bridgehead atoms. The summed E-state index contributed by atoms with van der Waals surface area (Å²) in [4.78, 5) is 23.9. The number of amides is 1. The monoisotopic (exact) mass is 333 g/mol. The zero-order valence-corrected chi connectivity index (χ0v) is 13.9. The molecule has 1 unspecified atom stereocenters. The van der Waals surface area contributed by atoms with Gasteiger partial charge in [-0.05, 0) is 18.8 Å². The quantitative estimate of drug-likeness (QED) is 0.848. The summed E-state index contributed by atoms with van der Waals surface area (Å²) in [6.45, 7) is 3.18. The zero-order chi connectivity index (χ0) is 16.6. The molecule has 0 radical (unpaired) electrons. The van der Waals surface area contributed by atoms with E-state index < -0.39 is 5.54 Å². The highest BCUT2D eigenvalue weighted by Gasteiger charge is 2.49. The first-order chi connectivity index (χ1) is 11.7. The third-order valence-electron chi connectivity index (χ3n) is 5.10. The van der Waals surface area contributed by atoms with Crippen LogP contribution in [0.3, 0.4) is 0 Å². The lowest BCUT2D eigenvalue weighted by Crippen LogP contribution is -2.59. The molecule has 1 atom stereocenters. The molecule has 24 heavy (non-hydrogen) atoms.